The van der Waals surface area contributed by atoms with Crippen LogP contribution in [0, 0.1) is 0 Å². The number of carbonyl (C=O) groups is 1. The van der Waals surface area contributed by atoms with Crippen LogP contribution in [0.25, 0.3) is 0 Å². The Bertz CT molecular complexity index is 357. The summed E-state index contributed by atoms with van der Waals surface area (Å²) in [7, 11) is 1.62. The van der Waals surface area contributed by atoms with Crippen molar-refractivity contribution in [1.82, 2.24) is 0 Å². The molecule has 0 spiro atoms. The summed E-state index contributed by atoms with van der Waals surface area (Å²) in [6.07, 6.45) is 6.94. The molecular weight excluding hydrogens is 240 g/mol. The van der Waals surface area contributed by atoms with Gasteiger partial charge in [-0.25, -0.2) is 0 Å². The molecule has 1 aromatic carbocycles. The maximum atomic E-state index is 11.9. The van der Waals surface area contributed by atoms with Crippen molar-refractivity contribution in [1.29, 1.82) is 0 Å². The van der Waals surface area contributed by atoms with Gasteiger partial charge in [0.1, 0.15) is 5.75 Å². The van der Waals surface area contributed by atoms with Crippen LogP contribution in [-0.4, -0.2) is 24.6 Å². The Hall–Kier alpha value is -1.35. The minimum absolute atomic E-state index is 0.206. The third kappa shape index (κ3) is 6.39. The lowest BCUT2D eigenvalue weighted by molar-refractivity contribution is 0.0979. The molecule has 3 nitrogen and oxygen atoms in total. The number of hydrogen-bond acceptors (Lipinski definition) is 3. The number of methoxy groups -OCH3 is 1. The standard InChI is InChI=1S/C16H24O3/c1-19-15-11-9-14(10-12-15)16(18)8-6-4-2-3-5-7-13-17/h9-12,17H,2-8,13H2,1H3. The molecule has 0 amide bonds. The van der Waals surface area contributed by atoms with E-state index in [0.717, 1.165) is 49.8 Å². The topological polar surface area (TPSA) is 46.5 Å². The van der Waals surface area contributed by atoms with Crippen molar-refractivity contribution >= 4 is 5.78 Å². The van der Waals surface area contributed by atoms with Gasteiger partial charge in [0.2, 0.25) is 0 Å². The first-order valence-electron chi connectivity index (χ1n) is 7.06. The number of Topliss-reactive ketones (excluding diaryl/α,β-unsaturated/α-hetero) is 1. The van der Waals surface area contributed by atoms with Gasteiger partial charge < -0.3 is 9.84 Å². The van der Waals surface area contributed by atoms with Gasteiger partial charge in [0.05, 0.1) is 7.11 Å². The summed E-state index contributed by atoms with van der Waals surface area (Å²) in [5.41, 5.74) is 0.765. The Morgan fingerprint density at radius 3 is 2.16 bits per heavy atom. The molecule has 0 bridgehead atoms. The van der Waals surface area contributed by atoms with Crippen LogP contribution < -0.4 is 4.74 Å². The molecule has 0 radical (unpaired) electrons. The number of ketones is 1. The smallest absolute Gasteiger partial charge is 0.162 e. The highest BCUT2D eigenvalue weighted by Crippen LogP contribution is 2.14. The van der Waals surface area contributed by atoms with Gasteiger partial charge in [-0.2, -0.15) is 0 Å². The summed E-state index contributed by atoms with van der Waals surface area (Å²) in [6, 6.07) is 7.29. The molecule has 1 rings (SSSR count). The van der Waals surface area contributed by atoms with Gasteiger partial charge >= 0.3 is 0 Å². The SMILES string of the molecule is COc1ccc(C(=O)CCCCCCCCO)cc1. The first kappa shape index (κ1) is 15.7. The quantitative estimate of drug-likeness (QED) is 0.519. The summed E-state index contributed by atoms with van der Waals surface area (Å²) < 4.78 is 5.07. The zero-order valence-electron chi connectivity index (χ0n) is 11.7. The van der Waals surface area contributed by atoms with Crippen LogP contribution >= 0.6 is 0 Å². The monoisotopic (exact) mass is 264 g/mol. The van der Waals surface area contributed by atoms with Crippen molar-refractivity contribution < 1.29 is 14.6 Å². The summed E-state index contributed by atoms with van der Waals surface area (Å²) in [6.45, 7) is 0.288. The summed E-state index contributed by atoms with van der Waals surface area (Å²) in [5.74, 6) is 0.985. The van der Waals surface area contributed by atoms with Gasteiger partial charge in [0.15, 0.2) is 5.78 Å². The van der Waals surface area contributed by atoms with Crippen LogP contribution in [0.2, 0.25) is 0 Å². The van der Waals surface area contributed by atoms with Crippen molar-refractivity contribution in [3.63, 3.8) is 0 Å². The average molecular weight is 264 g/mol. The van der Waals surface area contributed by atoms with Crippen molar-refractivity contribution in [2.75, 3.05) is 13.7 Å². The Morgan fingerprint density at radius 1 is 1.00 bits per heavy atom. The first-order valence-corrected chi connectivity index (χ1v) is 7.06. The molecule has 0 saturated carbocycles. The maximum absolute atomic E-state index is 11.9. The lowest BCUT2D eigenvalue weighted by Crippen LogP contribution is -1.98. The number of benzene rings is 1. The Labute approximate surface area is 115 Å². The van der Waals surface area contributed by atoms with E-state index in [9.17, 15) is 4.79 Å². The molecule has 0 saturated heterocycles. The van der Waals surface area contributed by atoms with Gasteiger partial charge in [0, 0.05) is 18.6 Å². The lowest BCUT2D eigenvalue weighted by Gasteiger charge is -2.03. The number of ether oxygens (including phenoxy) is 1. The van der Waals surface area contributed by atoms with Gasteiger partial charge in [-0.15, -0.1) is 0 Å². The second kappa shape index (κ2) is 9.56. The van der Waals surface area contributed by atoms with E-state index in [1.165, 1.54) is 0 Å². The van der Waals surface area contributed by atoms with E-state index in [1.807, 2.05) is 24.3 Å². The third-order valence-electron chi connectivity index (χ3n) is 3.22. The van der Waals surface area contributed by atoms with Crippen LogP contribution in [0.15, 0.2) is 24.3 Å². The maximum Gasteiger partial charge on any atom is 0.162 e. The predicted octanol–water partition coefficient (Wildman–Crippen LogP) is 3.60. The average Bonchev–Trinajstić information content (AvgIpc) is 2.46. The molecule has 19 heavy (non-hydrogen) atoms. The van der Waals surface area contributed by atoms with E-state index in [-0.39, 0.29) is 12.4 Å². The molecule has 0 atom stereocenters. The van der Waals surface area contributed by atoms with E-state index in [2.05, 4.69) is 0 Å². The second-order valence-corrected chi connectivity index (χ2v) is 4.75. The van der Waals surface area contributed by atoms with E-state index in [1.54, 1.807) is 7.11 Å². The van der Waals surface area contributed by atoms with Crippen molar-refractivity contribution in [3.8, 4) is 5.75 Å². The van der Waals surface area contributed by atoms with Crippen LogP contribution in [0.5, 0.6) is 5.75 Å². The van der Waals surface area contributed by atoms with Gasteiger partial charge in [-0.1, -0.05) is 25.7 Å². The predicted molar refractivity (Wildman–Crippen MR) is 76.7 cm³/mol. The fourth-order valence-electron chi connectivity index (χ4n) is 2.03. The zero-order valence-corrected chi connectivity index (χ0v) is 11.7. The Morgan fingerprint density at radius 2 is 1.58 bits per heavy atom. The van der Waals surface area contributed by atoms with E-state index in [0.29, 0.717) is 6.42 Å². The van der Waals surface area contributed by atoms with Crippen LogP contribution in [-0.2, 0) is 0 Å². The largest absolute Gasteiger partial charge is 0.497 e. The lowest BCUT2D eigenvalue weighted by atomic mass is 10.0. The van der Waals surface area contributed by atoms with Gasteiger partial charge in [0.25, 0.3) is 0 Å². The number of aliphatic hydroxyl groups is 1. The molecule has 3 heteroatoms. The number of aliphatic hydroxyl groups excluding tert-OH is 1. The molecule has 0 fully saturated rings. The van der Waals surface area contributed by atoms with Crippen molar-refractivity contribution in [2.24, 2.45) is 0 Å². The number of unbranched alkanes of at least 4 members (excludes halogenated alkanes) is 5. The minimum atomic E-state index is 0.206. The first-order chi connectivity index (χ1) is 9.27. The van der Waals surface area contributed by atoms with Crippen molar-refractivity contribution in [3.05, 3.63) is 29.8 Å². The number of hydrogen-bond donors (Lipinski definition) is 1. The fraction of sp³-hybridized carbons (Fsp3) is 0.562. The molecule has 0 aliphatic rings. The molecular formula is C16H24O3. The van der Waals surface area contributed by atoms with E-state index >= 15 is 0 Å². The van der Waals surface area contributed by atoms with Crippen molar-refractivity contribution in [2.45, 2.75) is 44.9 Å². The fourth-order valence-corrected chi connectivity index (χ4v) is 2.03. The molecule has 106 valence electrons. The molecule has 0 unspecified atom stereocenters. The van der Waals surface area contributed by atoms with E-state index < -0.39 is 0 Å². The number of carbonyl (C=O) groups excluding carboxylic acids is 1. The molecule has 0 aliphatic carbocycles. The van der Waals surface area contributed by atoms with Crippen LogP contribution in [0.1, 0.15) is 55.3 Å². The van der Waals surface area contributed by atoms with E-state index in [4.69, 9.17) is 9.84 Å². The third-order valence-corrected chi connectivity index (χ3v) is 3.22. The Kier molecular flexibility index (Phi) is 7.91. The zero-order chi connectivity index (χ0) is 13.9. The van der Waals surface area contributed by atoms with Gasteiger partial charge in [-0.05, 0) is 37.1 Å². The summed E-state index contributed by atoms with van der Waals surface area (Å²) in [5, 5.41) is 8.65. The number of rotatable bonds is 10. The highest BCUT2D eigenvalue weighted by atomic mass is 16.5. The van der Waals surface area contributed by atoms with Crippen LogP contribution in [0.4, 0.5) is 0 Å². The minimum Gasteiger partial charge on any atom is -0.497 e. The Balaban J connectivity index is 2.16. The molecule has 0 aromatic heterocycles. The highest BCUT2D eigenvalue weighted by Gasteiger charge is 2.05. The molecule has 0 heterocycles. The second-order valence-electron chi connectivity index (χ2n) is 4.75. The summed E-state index contributed by atoms with van der Waals surface area (Å²) in [4.78, 5) is 11.9. The van der Waals surface area contributed by atoms with Gasteiger partial charge in [-0.3, -0.25) is 4.79 Å². The normalized spacial score (nSPS) is 10.4. The molecule has 1 N–H and O–H groups in total. The molecule has 1 aromatic rings. The van der Waals surface area contributed by atoms with Crippen LogP contribution in [0.3, 0.4) is 0 Å². The highest BCUT2D eigenvalue weighted by molar-refractivity contribution is 5.96. The molecule has 0 aliphatic heterocycles. The summed E-state index contributed by atoms with van der Waals surface area (Å²) >= 11 is 0.